The van der Waals surface area contributed by atoms with E-state index in [1.54, 1.807) is 50.2 Å². The van der Waals surface area contributed by atoms with E-state index in [-0.39, 0.29) is 11.8 Å². The number of rotatable bonds is 5. The van der Waals surface area contributed by atoms with Crippen molar-refractivity contribution in [3.63, 3.8) is 0 Å². The number of carbonyl (C=O) groups excluding carboxylic acids is 2. The standard InChI is InChI=1S/C18H20N4O2/c1-3-17(23)20-16-9-7-13(8-10-16)18(24)22-21-12(2)14-5-4-6-15(19)11-14/h4-11H,3,19H2,1-2H3,(H,20,23)(H,22,24)/b21-12-. The number of nitrogens with zero attached hydrogens (tertiary/aromatic N) is 1. The number of benzene rings is 2. The third kappa shape index (κ3) is 4.67. The lowest BCUT2D eigenvalue weighted by molar-refractivity contribution is -0.115. The molecule has 2 aromatic rings. The Labute approximate surface area is 140 Å². The summed E-state index contributed by atoms with van der Waals surface area (Å²) in [6.07, 6.45) is 0.403. The van der Waals surface area contributed by atoms with E-state index < -0.39 is 0 Å². The van der Waals surface area contributed by atoms with E-state index in [9.17, 15) is 9.59 Å². The molecule has 4 N–H and O–H groups in total. The molecule has 0 aliphatic heterocycles. The van der Waals surface area contributed by atoms with Crippen LogP contribution in [0.4, 0.5) is 11.4 Å². The zero-order chi connectivity index (χ0) is 17.5. The number of anilines is 2. The van der Waals surface area contributed by atoms with Gasteiger partial charge in [0.25, 0.3) is 5.91 Å². The fraction of sp³-hybridized carbons (Fsp3) is 0.167. The molecule has 24 heavy (non-hydrogen) atoms. The molecular formula is C18H20N4O2. The van der Waals surface area contributed by atoms with E-state index in [4.69, 9.17) is 5.73 Å². The van der Waals surface area contributed by atoms with Gasteiger partial charge in [-0.05, 0) is 48.9 Å². The van der Waals surface area contributed by atoms with Crippen molar-refractivity contribution in [3.05, 3.63) is 59.7 Å². The Morgan fingerprint density at radius 1 is 1.08 bits per heavy atom. The minimum Gasteiger partial charge on any atom is -0.399 e. The van der Waals surface area contributed by atoms with Crippen LogP contribution in [0.1, 0.15) is 36.2 Å². The molecule has 0 saturated carbocycles. The predicted octanol–water partition coefficient (Wildman–Crippen LogP) is 2.77. The van der Waals surface area contributed by atoms with Gasteiger partial charge in [0.1, 0.15) is 0 Å². The van der Waals surface area contributed by atoms with Gasteiger partial charge in [0.2, 0.25) is 5.91 Å². The molecule has 0 aromatic heterocycles. The number of carbonyl (C=O) groups is 2. The van der Waals surface area contributed by atoms with Crippen molar-refractivity contribution in [3.8, 4) is 0 Å². The Kier molecular flexibility index (Phi) is 5.68. The molecule has 124 valence electrons. The normalized spacial score (nSPS) is 11.0. The quantitative estimate of drug-likeness (QED) is 0.448. The third-order valence-electron chi connectivity index (χ3n) is 3.38. The van der Waals surface area contributed by atoms with E-state index in [2.05, 4.69) is 15.8 Å². The van der Waals surface area contributed by atoms with Gasteiger partial charge >= 0.3 is 0 Å². The van der Waals surface area contributed by atoms with Crippen molar-refractivity contribution < 1.29 is 9.59 Å². The van der Waals surface area contributed by atoms with Gasteiger partial charge in [-0.3, -0.25) is 9.59 Å². The summed E-state index contributed by atoms with van der Waals surface area (Å²) in [4.78, 5) is 23.4. The summed E-state index contributed by atoms with van der Waals surface area (Å²) in [5.41, 5.74) is 11.5. The minimum atomic E-state index is -0.327. The highest BCUT2D eigenvalue weighted by atomic mass is 16.2. The highest BCUT2D eigenvalue weighted by molar-refractivity contribution is 6.01. The highest BCUT2D eigenvalue weighted by Gasteiger charge is 2.06. The van der Waals surface area contributed by atoms with Crippen LogP contribution in [0.25, 0.3) is 0 Å². The van der Waals surface area contributed by atoms with Crippen molar-refractivity contribution in [1.82, 2.24) is 5.43 Å². The second-order valence-electron chi connectivity index (χ2n) is 5.24. The molecule has 6 nitrogen and oxygen atoms in total. The largest absolute Gasteiger partial charge is 0.399 e. The highest BCUT2D eigenvalue weighted by Crippen LogP contribution is 2.10. The smallest absolute Gasteiger partial charge is 0.271 e. The maximum absolute atomic E-state index is 12.1. The average molecular weight is 324 g/mol. The molecule has 0 spiro atoms. The fourth-order valence-corrected chi connectivity index (χ4v) is 1.98. The van der Waals surface area contributed by atoms with Crippen LogP contribution in [-0.4, -0.2) is 17.5 Å². The summed E-state index contributed by atoms with van der Waals surface area (Å²) in [6, 6.07) is 13.9. The SMILES string of the molecule is CCC(=O)Nc1ccc(C(=O)N/N=C(/C)c2cccc(N)c2)cc1. The maximum atomic E-state index is 12.1. The number of amides is 2. The fourth-order valence-electron chi connectivity index (χ4n) is 1.98. The monoisotopic (exact) mass is 324 g/mol. The number of nitrogens with two attached hydrogens (primary N) is 1. The van der Waals surface area contributed by atoms with E-state index in [1.165, 1.54) is 0 Å². The van der Waals surface area contributed by atoms with Gasteiger partial charge in [-0.25, -0.2) is 5.43 Å². The zero-order valence-corrected chi connectivity index (χ0v) is 13.7. The Bertz CT molecular complexity index is 767. The molecule has 2 rings (SSSR count). The van der Waals surface area contributed by atoms with Gasteiger partial charge < -0.3 is 11.1 Å². The number of hydrazone groups is 1. The molecular weight excluding hydrogens is 304 g/mol. The van der Waals surface area contributed by atoms with E-state index in [0.29, 0.717) is 29.1 Å². The molecule has 0 unspecified atom stereocenters. The molecule has 2 amide bonds. The average Bonchev–Trinajstić information content (AvgIpc) is 2.59. The molecule has 0 atom stereocenters. The Balaban J connectivity index is 2.01. The predicted molar refractivity (Wildman–Crippen MR) is 95.9 cm³/mol. The van der Waals surface area contributed by atoms with E-state index >= 15 is 0 Å². The molecule has 0 aliphatic rings. The maximum Gasteiger partial charge on any atom is 0.271 e. The molecule has 0 bridgehead atoms. The van der Waals surface area contributed by atoms with Crippen LogP contribution in [0.15, 0.2) is 53.6 Å². The van der Waals surface area contributed by atoms with Gasteiger partial charge in [0.05, 0.1) is 5.71 Å². The van der Waals surface area contributed by atoms with Gasteiger partial charge in [0.15, 0.2) is 0 Å². The molecule has 0 saturated heterocycles. The first-order chi connectivity index (χ1) is 11.5. The number of hydrogen-bond donors (Lipinski definition) is 3. The van der Waals surface area contributed by atoms with Crippen molar-refractivity contribution in [1.29, 1.82) is 0 Å². The lowest BCUT2D eigenvalue weighted by atomic mass is 10.1. The number of nitrogen functional groups attached to an aromatic ring is 1. The molecule has 0 radical (unpaired) electrons. The molecule has 0 heterocycles. The van der Waals surface area contributed by atoms with Crippen LogP contribution in [-0.2, 0) is 4.79 Å². The van der Waals surface area contributed by atoms with Gasteiger partial charge in [-0.1, -0.05) is 19.1 Å². The van der Waals surface area contributed by atoms with Crippen LogP contribution in [0.3, 0.4) is 0 Å². The lowest BCUT2D eigenvalue weighted by Crippen LogP contribution is -2.19. The van der Waals surface area contributed by atoms with Gasteiger partial charge in [-0.2, -0.15) is 5.10 Å². The van der Waals surface area contributed by atoms with Crippen LogP contribution in [0.2, 0.25) is 0 Å². The van der Waals surface area contributed by atoms with Crippen molar-refractivity contribution in [2.24, 2.45) is 5.10 Å². The van der Waals surface area contributed by atoms with Gasteiger partial charge in [0, 0.05) is 23.4 Å². The third-order valence-corrected chi connectivity index (χ3v) is 3.38. The number of hydrogen-bond acceptors (Lipinski definition) is 4. The molecule has 2 aromatic carbocycles. The minimum absolute atomic E-state index is 0.0745. The summed E-state index contributed by atoms with van der Waals surface area (Å²) in [5, 5.41) is 6.81. The molecule has 0 aliphatic carbocycles. The first-order valence-electron chi connectivity index (χ1n) is 7.60. The summed E-state index contributed by atoms with van der Waals surface area (Å²) in [6.45, 7) is 3.57. The summed E-state index contributed by atoms with van der Waals surface area (Å²) in [5.74, 6) is -0.402. The summed E-state index contributed by atoms with van der Waals surface area (Å²) in [7, 11) is 0. The Morgan fingerprint density at radius 2 is 1.79 bits per heavy atom. The van der Waals surface area contributed by atoms with Crippen molar-refractivity contribution in [2.45, 2.75) is 20.3 Å². The van der Waals surface area contributed by atoms with Crippen LogP contribution in [0.5, 0.6) is 0 Å². The topological polar surface area (TPSA) is 96.6 Å². The number of nitrogens with one attached hydrogen (secondary N) is 2. The zero-order valence-electron chi connectivity index (χ0n) is 13.7. The second-order valence-corrected chi connectivity index (χ2v) is 5.24. The molecule has 6 heteroatoms. The first kappa shape index (κ1) is 17.2. The molecule has 0 fully saturated rings. The lowest BCUT2D eigenvalue weighted by Gasteiger charge is -2.06. The van der Waals surface area contributed by atoms with E-state index in [0.717, 1.165) is 5.56 Å². The Hall–Kier alpha value is -3.15. The second kappa shape index (κ2) is 7.92. The van der Waals surface area contributed by atoms with Crippen LogP contribution in [0, 0.1) is 0 Å². The summed E-state index contributed by atoms with van der Waals surface area (Å²) >= 11 is 0. The van der Waals surface area contributed by atoms with Gasteiger partial charge in [-0.15, -0.1) is 0 Å². The van der Waals surface area contributed by atoms with E-state index in [1.807, 2.05) is 12.1 Å². The van der Waals surface area contributed by atoms with Crippen LogP contribution >= 0.6 is 0 Å². The van der Waals surface area contributed by atoms with Crippen molar-refractivity contribution >= 4 is 28.9 Å². The Morgan fingerprint density at radius 3 is 2.42 bits per heavy atom. The van der Waals surface area contributed by atoms with Crippen molar-refractivity contribution in [2.75, 3.05) is 11.1 Å². The first-order valence-corrected chi connectivity index (χ1v) is 7.60. The summed E-state index contributed by atoms with van der Waals surface area (Å²) < 4.78 is 0. The van der Waals surface area contributed by atoms with Crippen LogP contribution < -0.4 is 16.5 Å².